The fourth-order valence-corrected chi connectivity index (χ4v) is 4.69. The number of nitrogens with one attached hydrogen (secondary N) is 2. The Morgan fingerprint density at radius 1 is 1.10 bits per heavy atom. The van der Waals surface area contributed by atoms with Crippen molar-refractivity contribution in [1.29, 1.82) is 0 Å². The lowest BCUT2D eigenvalue weighted by Gasteiger charge is -2.48. The van der Waals surface area contributed by atoms with E-state index in [9.17, 15) is 0 Å². The highest BCUT2D eigenvalue weighted by Gasteiger charge is 2.38. The maximum atomic E-state index is 5.74. The molecule has 0 aromatic rings. The van der Waals surface area contributed by atoms with Gasteiger partial charge in [0.2, 0.25) is 0 Å². The molecule has 0 radical (unpaired) electrons. The van der Waals surface area contributed by atoms with E-state index in [-0.39, 0.29) is 29.5 Å². The van der Waals surface area contributed by atoms with Crippen LogP contribution >= 0.6 is 24.0 Å². The Balaban J connectivity index is 0.00000300. The average molecular weight is 524 g/mol. The van der Waals surface area contributed by atoms with Crippen LogP contribution in [0.3, 0.4) is 0 Å². The zero-order valence-electron chi connectivity index (χ0n) is 18.1. The van der Waals surface area contributed by atoms with E-state index >= 15 is 0 Å². The van der Waals surface area contributed by atoms with E-state index in [1.807, 2.05) is 7.05 Å². The van der Waals surface area contributed by atoms with Gasteiger partial charge in [-0.3, -0.25) is 9.89 Å². The predicted octanol–water partition coefficient (Wildman–Crippen LogP) is 2.39. The van der Waals surface area contributed by atoms with Crippen molar-refractivity contribution in [3.63, 3.8) is 0 Å². The second-order valence-corrected chi connectivity index (χ2v) is 8.30. The fourth-order valence-electron chi connectivity index (χ4n) is 4.69. The summed E-state index contributed by atoms with van der Waals surface area (Å²) in [7, 11) is 1.85. The molecular weight excluding hydrogens is 483 g/mol. The molecule has 7 nitrogen and oxygen atoms in total. The predicted molar refractivity (Wildman–Crippen MR) is 127 cm³/mol. The highest BCUT2D eigenvalue weighted by molar-refractivity contribution is 14.0. The maximum Gasteiger partial charge on any atom is 0.191 e. The van der Waals surface area contributed by atoms with Gasteiger partial charge in [0.1, 0.15) is 0 Å². The van der Waals surface area contributed by atoms with Gasteiger partial charge in [0.25, 0.3) is 0 Å². The van der Waals surface area contributed by atoms with Gasteiger partial charge in [-0.15, -0.1) is 24.0 Å². The van der Waals surface area contributed by atoms with E-state index in [0.29, 0.717) is 6.10 Å². The average Bonchev–Trinajstić information content (AvgIpc) is 3.27. The van der Waals surface area contributed by atoms with Gasteiger partial charge < -0.3 is 24.8 Å². The van der Waals surface area contributed by atoms with E-state index in [1.165, 1.54) is 38.5 Å². The number of nitrogens with zero attached hydrogens (tertiary/aromatic N) is 2. The Morgan fingerprint density at radius 3 is 2.59 bits per heavy atom. The van der Waals surface area contributed by atoms with Gasteiger partial charge in [0, 0.05) is 52.0 Å². The lowest BCUT2D eigenvalue weighted by molar-refractivity contribution is -0.0352. The van der Waals surface area contributed by atoms with Crippen molar-refractivity contribution in [2.75, 3.05) is 66.3 Å². The lowest BCUT2D eigenvalue weighted by Crippen LogP contribution is -2.60. The number of hydrogen-bond donors (Lipinski definition) is 2. The SMILES string of the molecule is CN=C(NCCCOCC1CCCO1)NCC1(N2CCOCC2)CCCCC1.I. The highest BCUT2D eigenvalue weighted by atomic mass is 127. The molecule has 1 aliphatic carbocycles. The second kappa shape index (κ2) is 14.0. The molecule has 1 saturated carbocycles. The molecule has 1 unspecified atom stereocenters. The van der Waals surface area contributed by atoms with Crippen LogP contribution in [0.1, 0.15) is 51.4 Å². The molecule has 2 saturated heterocycles. The number of aliphatic imine (C=N–C) groups is 1. The third kappa shape index (κ3) is 8.12. The molecule has 2 N–H and O–H groups in total. The molecule has 2 aliphatic heterocycles. The summed E-state index contributed by atoms with van der Waals surface area (Å²) in [5.74, 6) is 0.900. The van der Waals surface area contributed by atoms with Gasteiger partial charge in [-0.25, -0.2) is 0 Å². The van der Waals surface area contributed by atoms with Crippen molar-refractivity contribution in [1.82, 2.24) is 15.5 Å². The van der Waals surface area contributed by atoms with Crippen LogP contribution in [0.15, 0.2) is 4.99 Å². The van der Waals surface area contributed by atoms with Gasteiger partial charge in [0.15, 0.2) is 5.96 Å². The number of hydrogen-bond acceptors (Lipinski definition) is 5. The summed E-state index contributed by atoms with van der Waals surface area (Å²) in [4.78, 5) is 7.08. The molecule has 170 valence electrons. The minimum atomic E-state index is 0. The van der Waals surface area contributed by atoms with Crippen LogP contribution in [-0.2, 0) is 14.2 Å². The second-order valence-electron chi connectivity index (χ2n) is 8.30. The van der Waals surface area contributed by atoms with Crippen LogP contribution in [0.4, 0.5) is 0 Å². The number of rotatable bonds is 9. The third-order valence-corrected chi connectivity index (χ3v) is 6.36. The summed E-state index contributed by atoms with van der Waals surface area (Å²) in [5.41, 5.74) is 0.254. The molecule has 0 bridgehead atoms. The van der Waals surface area contributed by atoms with Gasteiger partial charge >= 0.3 is 0 Å². The van der Waals surface area contributed by atoms with Crippen molar-refractivity contribution in [3.8, 4) is 0 Å². The molecule has 3 aliphatic rings. The molecule has 0 aromatic carbocycles. The van der Waals surface area contributed by atoms with Gasteiger partial charge in [-0.1, -0.05) is 19.3 Å². The molecule has 2 heterocycles. The molecule has 8 heteroatoms. The monoisotopic (exact) mass is 524 g/mol. The smallest absolute Gasteiger partial charge is 0.191 e. The quantitative estimate of drug-likeness (QED) is 0.209. The summed E-state index contributed by atoms with van der Waals surface area (Å²) in [6.45, 7) is 8.05. The standard InChI is InChI=1S/C21H40N4O3.HI/c1-22-20(23-10-6-13-27-17-19-7-5-14-28-19)24-18-21(8-3-2-4-9-21)25-11-15-26-16-12-25;/h19H,2-18H2,1H3,(H2,22,23,24);1H. The topological polar surface area (TPSA) is 67.4 Å². The molecule has 29 heavy (non-hydrogen) atoms. The van der Waals surface area contributed by atoms with Crippen molar-refractivity contribution in [2.24, 2.45) is 4.99 Å². The van der Waals surface area contributed by atoms with E-state index < -0.39 is 0 Å². The number of guanidine groups is 1. The minimum absolute atomic E-state index is 0. The molecule has 3 rings (SSSR count). The number of halogens is 1. The Hall–Kier alpha value is -0.160. The van der Waals surface area contributed by atoms with Gasteiger partial charge in [0.05, 0.1) is 25.9 Å². The van der Waals surface area contributed by atoms with Crippen LogP contribution in [-0.4, -0.2) is 88.8 Å². The first-order valence-electron chi connectivity index (χ1n) is 11.3. The molecule has 0 amide bonds. The van der Waals surface area contributed by atoms with Crippen molar-refractivity contribution in [3.05, 3.63) is 0 Å². The van der Waals surface area contributed by atoms with Gasteiger partial charge in [-0.2, -0.15) is 0 Å². The van der Waals surface area contributed by atoms with Crippen LogP contribution < -0.4 is 10.6 Å². The Kier molecular flexibility index (Phi) is 12.1. The Morgan fingerprint density at radius 2 is 1.90 bits per heavy atom. The zero-order valence-corrected chi connectivity index (χ0v) is 20.5. The zero-order chi connectivity index (χ0) is 19.5. The van der Waals surface area contributed by atoms with E-state index in [2.05, 4.69) is 20.5 Å². The molecule has 0 aromatic heterocycles. The lowest BCUT2D eigenvalue weighted by atomic mass is 9.80. The van der Waals surface area contributed by atoms with Crippen LogP contribution in [0.25, 0.3) is 0 Å². The first kappa shape index (κ1) is 25.1. The largest absolute Gasteiger partial charge is 0.379 e. The Bertz CT molecular complexity index is 463. The summed E-state index contributed by atoms with van der Waals surface area (Å²) in [5, 5.41) is 7.05. The minimum Gasteiger partial charge on any atom is -0.379 e. The van der Waals surface area contributed by atoms with E-state index in [1.54, 1.807) is 0 Å². The van der Waals surface area contributed by atoms with E-state index in [4.69, 9.17) is 14.2 Å². The molecule has 0 spiro atoms. The number of ether oxygens (including phenoxy) is 3. The van der Waals surface area contributed by atoms with Crippen molar-refractivity contribution < 1.29 is 14.2 Å². The normalized spacial score (nSPS) is 25.4. The number of morpholine rings is 1. The highest BCUT2D eigenvalue weighted by Crippen LogP contribution is 2.33. The summed E-state index contributed by atoms with van der Waals surface area (Å²) in [6.07, 6.45) is 10.2. The first-order chi connectivity index (χ1) is 13.8. The van der Waals surface area contributed by atoms with Crippen LogP contribution in [0, 0.1) is 0 Å². The summed E-state index contributed by atoms with van der Waals surface area (Å²) >= 11 is 0. The molecular formula is C21H41IN4O3. The van der Waals surface area contributed by atoms with Gasteiger partial charge in [-0.05, 0) is 32.1 Å². The summed E-state index contributed by atoms with van der Waals surface area (Å²) in [6, 6.07) is 0. The van der Waals surface area contributed by atoms with Crippen molar-refractivity contribution >= 4 is 29.9 Å². The van der Waals surface area contributed by atoms with Crippen LogP contribution in [0.2, 0.25) is 0 Å². The van der Waals surface area contributed by atoms with E-state index in [0.717, 1.165) is 78.0 Å². The molecule has 3 fully saturated rings. The fraction of sp³-hybridized carbons (Fsp3) is 0.952. The maximum absolute atomic E-state index is 5.74. The molecule has 1 atom stereocenters. The van der Waals surface area contributed by atoms with Crippen LogP contribution in [0.5, 0.6) is 0 Å². The summed E-state index contributed by atoms with van der Waals surface area (Å²) < 4.78 is 16.9. The first-order valence-corrected chi connectivity index (χ1v) is 11.3. The third-order valence-electron chi connectivity index (χ3n) is 6.36. The Labute approximate surface area is 193 Å². The van der Waals surface area contributed by atoms with Crippen molar-refractivity contribution in [2.45, 2.75) is 63.0 Å².